The highest BCUT2D eigenvalue weighted by molar-refractivity contribution is 5.94. The van der Waals surface area contributed by atoms with Crippen molar-refractivity contribution in [3.63, 3.8) is 0 Å². The van der Waals surface area contributed by atoms with Crippen LogP contribution in [0.3, 0.4) is 0 Å². The summed E-state index contributed by atoms with van der Waals surface area (Å²) >= 11 is 0. The number of ether oxygens (including phenoxy) is 1. The summed E-state index contributed by atoms with van der Waals surface area (Å²) in [6.45, 7) is 3.46. The van der Waals surface area contributed by atoms with Gasteiger partial charge >= 0.3 is 0 Å². The van der Waals surface area contributed by atoms with Gasteiger partial charge in [-0.15, -0.1) is 0 Å². The van der Waals surface area contributed by atoms with Gasteiger partial charge in [0.05, 0.1) is 11.6 Å². The van der Waals surface area contributed by atoms with Crippen molar-refractivity contribution in [2.75, 3.05) is 0 Å². The Balaban J connectivity index is 2.13. The van der Waals surface area contributed by atoms with E-state index in [0.717, 1.165) is 11.1 Å². The molecule has 2 rings (SSSR count). The minimum absolute atomic E-state index is 0.101. The quantitative estimate of drug-likeness (QED) is 0.802. The van der Waals surface area contributed by atoms with Crippen LogP contribution in [0, 0.1) is 24.1 Å². The first-order valence-corrected chi connectivity index (χ1v) is 6.44. The highest BCUT2D eigenvalue weighted by atomic mass is 19.1. The van der Waals surface area contributed by atoms with Crippen LogP contribution in [0.5, 0.6) is 5.75 Å². The second-order valence-electron chi connectivity index (χ2n) is 4.74. The Hall–Kier alpha value is -2.67. The highest BCUT2D eigenvalue weighted by Crippen LogP contribution is 2.21. The van der Waals surface area contributed by atoms with Gasteiger partial charge in [0, 0.05) is 5.56 Å². The number of benzene rings is 2. The molecule has 0 N–H and O–H groups in total. The number of halogens is 1. The molecular weight excluding hydrogens is 269 g/mol. The van der Waals surface area contributed by atoms with E-state index in [1.165, 1.54) is 25.1 Å². The zero-order chi connectivity index (χ0) is 15.4. The van der Waals surface area contributed by atoms with Gasteiger partial charge in [0.25, 0.3) is 0 Å². The molecule has 0 aromatic heterocycles. The zero-order valence-electron chi connectivity index (χ0n) is 11.8. The maximum atomic E-state index is 13.8. The fraction of sp³-hybridized carbons (Fsp3) is 0.176. The third kappa shape index (κ3) is 3.46. The van der Waals surface area contributed by atoms with E-state index in [4.69, 9.17) is 10.00 Å². The maximum absolute atomic E-state index is 13.8. The molecular formula is C17H14FNO2. The molecule has 0 amide bonds. The van der Waals surface area contributed by atoms with Crippen LogP contribution in [0.25, 0.3) is 0 Å². The number of rotatable bonds is 4. The van der Waals surface area contributed by atoms with Crippen molar-refractivity contribution in [1.29, 1.82) is 5.26 Å². The lowest BCUT2D eigenvalue weighted by Crippen LogP contribution is -2.01. The van der Waals surface area contributed by atoms with E-state index in [-0.39, 0.29) is 18.1 Å². The molecule has 0 heterocycles. The summed E-state index contributed by atoms with van der Waals surface area (Å²) in [5, 5.41) is 8.81. The number of hydrogen-bond acceptors (Lipinski definition) is 3. The normalized spacial score (nSPS) is 10.0. The molecule has 0 spiro atoms. The Kier molecular flexibility index (Phi) is 4.34. The van der Waals surface area contributed by atoms with Gasteiger partial charge in [-0.1, -0.05) is 6.07 Å². The highest BCUT2D eigenvalue weighted by Gasteiger charge is 2.08. The van der Waals surface area contributed by atoms with Gasteiger partial charge in [0.15, 0.2) is 17.3 Å². The lowest BCUT2D eigenvalue weighted by molar-refractivity contribution is 0.101. The summed E-state index contributed by atoms with van der Waals surface area (Å²) in [6, 6.07) is 11.5. The first-order valence-electron chi connectivity index (χ1n) is 6.44. The molecule has 0 saturated carbocycles. The molecule has 0 saturated heterocycles. The van der Waals surface area contributed by atoms with Crippen LogP contribution in [-0.4, -0.2) is 5.78 Å². The number of carbonyl (C=O) groups is 1. The van der Waals surface area contributed by atoms with Gasteiger partial charge in [0.2, 0.25) is 0 Å². The standard InChI is InChI=1S/C17H14FNO2/c1-11-7-13(9-19)3-4-15(11)10-21-17-6-5-14(12(2)20)8-16(17)18/h3-8H,10H2,1-2H3. The van der Waals surface area contributed by atoms with Crippen molar-refractivity contribution in [2.45, 2.75) is 20.5 Å². The third-order valence-electron chi connectivity index (χ3n) is 3.19. The second-order valence-corrected chi connectivity index (χ2v) is 4.74. The molecule has 0 atom stereocenters. The van der Waals surface area contributed by atoms with Crippen LogP contribution in [0.2, 0.25) is 0 Å². The van der Waals surface area contributed by atoms with Crippen molar-refractivity contribution in [3.8, 4) is 11.8 Å². The van der Waals surface area contributed by atoms with E-state index in [9.17, 15) is 9.18 Å². The van der Waals surface area contributed by atoms with E-state index < -0.39 is 5.82 Å². The molecule has 0 aliphatic rings. The van der Waals surface area contributed by atoms with Gasteiger partial charge in [-0.25, -0.2) is 4.39 Å². The van der Waals surface area contributed by atoms with Gasteiger partial charge in [-0.05, 0) is 55.3 Å². The Morgan fingerprint density at radius 1 is 1.29 bits per heavy atom. The lowest BCUT2D eigenvalue weighted by atomic mass is 10.1. The van der Waals surface area contributed by atoms with Gasteiger partial charge in [0.1, 0.15) is 6.61 Å². The number of nitriles is 1. The summed E-state index contributed by atoms with van der Waals surface area (Å²) in [5.41, 5.74) is 2.68. The number of Topliss-reactive ketones (excluding diaryl/α,β-unsaturated/α-hetero) is 1. The topological polar surface area (TPSA) is 50.1 Å². The minimum Gasteiger partial charge on any atom is -0.486 e. The van der Waals surface area contributed by atoms with Crippen molar-refractivity contribution in [3.05, 3.63) is 64.5 Å². The molecule has 0 aliphatic heterocycles. The Bertz CT molecular complexity index is 732. The van der Waals surface area contributed by atoms with Crippen molar-refractivity contribution >= 4 is 5.78 Å². The molecule has 0 aliphatic carbocycles. The van der Waals surface area contributed by atoms with Crippen LogP contribution in [0.4, 0.5) is 4.39 Å². The molecule has 2 aromatic carbocycles. The first-order chi connectivity index (χ1) is 10.0. The Morgan fingerprint density at radius 3 is 2.62 bits per heavy atom. The van der Waals surface area contributed by atoms with E-state index in [0.29, 0.717) is 11.1 Å². The van der Waals surface area contributed by atoms with Crippen molar-refractivity contribution < 1.29 is 13.9 Å². The summed E-state index contributed by atoms with van der Waals surface area (Å²) in [4.78, 5) is 11.2. The number of nitrogens with zero attached hydrogens (tertiary/aromatic N) is 1. The lowest BCUT2D eigenvalue weighted by Gasteiger charge is -2.10. The van der Waals surface area contributed by atoms with E-state index in [1.807, 2.05) is 6.92 Å². The molecule has 0 fully saturated rings. The monoisotopic (exact) mass is 283 g/mol. The number of aryl methyl sites for hydroxylation is 1. The fourth-order valence-corrected chi connectivity index (χ4v) is 1.92. The van der Waals surface area contributed by atoms with Gasteiger partial charge in [-0.3, -0.25) is 4.79 Å². The average molecular weight is 283 g/mol. The predicted octanol–water partition coefficient (Wildman–Crippen LogP) is 3.79. The summed E-state index contributed by atoms with van der Waals surface area (Å²) in [6.07, 6.45) is 0. The van der Waals surface area contributed by atoms with Crippen LogP contribution in [0.15, 0.2) is 36.4 Å². The van der Waals surface area contributed by atoms with E-state index in [2.05, 4.69) is 6.07 Å². The van der Waals surface area contributed by atoms with Crippen molar-refractivity contribution in [1.82, 2.24) is 0 Å². The predicted molar refractivity (Wildman–Crippen MR) is 76.6 cm³/mol. The fourth-order valence-electron chi connectivity index (χ4n) is 1.92. The van der Waals surface area contributed by atoms with Crippen LogP contribution >= 0.6 is 0 Å². The Labute approximate surface area is 122 Å². The van der Waals surface area contributed by atoms with E-state index in [1.54, 1.807) is 18.2 Å². The number of hydrogen-bond donors (Lipinski definition) is 0. The number of carbonyl (C=O) groups excluding carboxylic acids is 1. The SMILES string of the molecule is CC(=O)c1ccc(OCc2ccc(C#N)cc2C)c(F)c1. The maximum Gasteiger partial charge on any atom is 0.165 e. The number of ketones is 1. The first kappa shape index (κ1) is 14.7. The van der Waals surface area contributed by atoms with Crippen LogP contribution < -0.4 is 4.74 Å². The molecule has 0 bridgehead atoms. The molecule has 0 unspecified atom stereocenters. The largest absolute Gasteiger partial charge is 0.486 e. The van der Waals surface area contributed by atoms with Gasteiger partial charge in [-0.2, -0.15) is 5.26 Å². The summed E-state index contributed by atoms with van der Waals surface area (Å²) in [7, 11) is 0. The van der Waals surface area contributed by atoms with Gasteiger partial charge < -0.3 is 4.74 Å². The second kappa shape index (κ2) is 6.19. The third-order valence-corrected chi connectivity index (χ3v) is 3.19. The molecule has 2 aromatic rings. The zero-order valence-corrected chi connectivity index (χ0v) is 11.8. The summed E-state index contributed by atoms with van der Waals surface area (Å²) < 4.78 is 19.3. The molecule has 0 radical (unpaired) electrons. The molecule has 3 nitrogen and oxygen atoms in total. The van der Waals surface area contributed by atoms with Crippen LogP contribution in [0.1, 0.15) is 34.0 Å². The minimum atomic E-state index is -0.561. The average Bonchev–Trinajstić information content (AvgIpc) is 2.46. The van der Waals surface area contributed by atoms with E-state index >= 15 is 0 Å². The van der Waals surface area contributed by atoms with Crippen molar-refractivity contribution in [2.24, 2.45) is 0 Å². The summed E-state index contributed by atoms with van der Waals surface area (Å²) in [5.74, 6) is -0.652. The molecule has 4 heteroatoms. The van der Waals surface area contributed by atoms with Crippen LogP contribution in [-0.2, 0) is 6.61 Å². The molecule has 106 valence electrons. The molecule has 21 heavy (non-hydrogen) atoms. The smallest absolute Gasteiger partial charge is 0.165 e. The Morgan fingerprint density at radius 2 is 2.05 bits per heavy atom.